The molecule has 0 aromatic heterocycles. The van der Waals surface area contributed by atoms with E-state index in [2.05, 4.69) is 0 Å². The van der Waals surface area contributed by atoms with E-state index in [1.807, 2.05) is 9.48 Å². The molecule has 0 atom stereocenters. The molecule has 2 saturated heterocycles. The first kappa shape index (κ1) is 21.1. The van der Waals surface area contributed by atoms with E-state index in [-0.39, 0.29) is 11.6 Å². The number of hydrogen-bond acceptors (Lipinski definition) is 4. The van der Waals surface area contributed by atoms with Crippen LogP contribution in [0.5, 0.6) is 0 Å². The van der Waals surface area contributed by atoms with Crippen molar-refractivity contribution in [1.29, 1.82) is 0 Å². The van der Waals surface area contributed by atoms with E-state index < -0.39 is 12.1 Å². The Labute approximate surface area is 173 Å². The van der Waals surface area contributed by atoms with Gasteiger partial charge in [0.15, 0.2) is 5.82 Å². The Morgan fingerprint density at radius 2 is 1.68 bits per heavy atom. The zero-order chi connectivity index (χ0) is 22.3. The van der Waals surface area contributed by atoms with Gasteiger partial charge in [0, 0.05) is 30.1 Å². The van der Waals surface area contributed by atoms with Gasteiger partial charge < -0.3 is 19.2 Å². The number of hydrogen-bond donors (Lipinski definition) is 0. The molecule has 10 heteroatoms. The first-order chi connectivity index (χ1) is 14.6. The van der Waals surface area contributed by atoms with Gasteiger partial charge in [0.2, 0.25) is 5.36 Å². The maximum Gasteiger partial charge on any atom is 0.430 e. The van der Waals surface area contributed by atoms with Crippen LogP contribution in [0.1, 0.15) is 12.8 Å². The Kier molecular flexibility index (Phi) is 5.32. The van der Waals surface area contributed by atoms with Crippen molar-refractivity contribution in [2.75, 3.05) is 31.1 Å². The third-order valence-corrected chi connectivity index (χ3v) is 5.31. The molecule has 0 saturated carbocycles. The summed E-state index contributed by atoms with van der Waals surface area (Å²) in [6.45, 7) is 3.50. The minimum Gasteiger partial charge on any atom is -0.542 e. The molecule has 3 aliphatic heterocycles. The average Bonchev–Trinajstić information content (AvgIpc) is 2.58. The summed E-state index contributed by atoms with van der Waals surface area (Å²) in [7, 11) is 0. The molecule has 5 rings (SSSR count). The number of carbonyl (C=O) groups excluding carboxylic acids is 1. The molecule has 3 heterocycles. The number of carboxylic acids is 1. The van der Waals surface area contributed by atoms with Gasteiger partial charge in [-0.3, -0.25) is 0 Å². The number of anilines is 1. The third kappa shape index (κ3) is 4.19. The van der Waals surface area contributed by atoms with Crippen molar-refractivity contribution in [3.8, 4) is 11.3 Å². The Bertz CT molecular complexity index is 1190. The molecule has 0 unspecified atom stereocenters. The summed E-state index contributed by atoms with van der Waals surface area (Å²) in [6.07, 6.45) is -3.02. The Morgan fingerprint density at radius 1 is 1.00 bits per heavy atom. The SMILES string of the molecule is Fc1cc2cc3cc(F)c(=[N+]4CCC4)cc-3oc2cc1N1CCC1.O=C([O-])C(F)(F)F. The molecule has 2 fully saturated rings. The highest BCUT2D eigenvalue weighted by molar-refractivity contribution is 5.86. The minimum absolute atomic E-state index is 0.255. The summed E-state index contributed by atoms with van der Waals surface area (Å²) in [4.78, 5) is 10.8. The summed E-state index contributed by atoms with van der Waals surface area (Å²) in [5.74, 6) is -2.89. The Hall–Kier alpha value is -3.17. The fourth-order valence-electron chi connectivity index (χ4n) is 3.40. The standard InChI is InChI=1S/C19H17F2N2O.C2HF3O2/c20-14-8-12-7-13-9-15(21)17(23-5-2-6-23)11-19(13)24-18(12)10-16(14)22-3-1-4-22;3-2(4,5)1(6)7/h7-11H,1-6H2;(H,6,7)/q+1;/p-1. The molecule has 0 radical (unpaired) electrons. The van der Waals surface area contributed by atoms with Gasteiger partial charge in [-0.1, -0.05) is 0 Å². The molecule has 0 spiro atoms. The van der Waals surface area contributed by atoms with E-state index in [4.69, 9.17) is 14.3 Å². The van der Waals surface area contributed by atoms with Crippen LogP contribution in [0.15, 0.2) is 34.7 Å². The predicted octanol–water partition coefficient (Wildman–Crippen LogP) is 2.50. The number of nitrogens with zero attached hydrogens (tertiary/aromatic N) is 2. The van der Waals surface area contributed by atoms with E-state index >= 15 is 0 Å². The molecule has 0 amide bonds. The number of halogens is 5. The minimum atomic E-state index is -5.19. The fourth-order valence-corrected chi connectivity index (χ4v) is 3.40. The number of carbonyl (C=O) groups is 1. The van der Waals surface area contributed by atoms with Crippen molar-refractivity contribution >= 4 is 22.6 Å². The Balaban J connectivity index is 0.000000289. The molecule has 5 nitrogen and oxygen atoms in total. The molecule has 0 bridgehead atoms. The average molecular weight is 440 g/mol. The lowest BCUT2D eigenvalue weighted by Gasteiger charge is -2.33. The van der Waals surface area contributed by atoms with Gasteiger partial charge in [-0.2, -0.15) is 17.6 Å². The largest absolute Gasteiger partial charge is 0.542 e. The molecule has 1 aromatic rings. The highest BCUT2D eigenvalue weighted by Gasteiger charge is 2.29. The summed E-state index contributed by atoms with van der Waals surface area (Å²) in [5, 5.41) is 10.0. The molecule has 1 aromatic carbocycles. The number of fused-ring (bicyclic) bond motifs is 2. The van der Waals surface area contributed by atoms with Crippen molar-refractivity contribution in [1.82, 2.24) is 4.58 Å². The summed E-state index contributed by atoms with van der Waals surface area (Å²) in [5.41, 5.74) is 1.87. The second-order valence-electron chi connectivity index (χ2n) is 7.40. The maximum atomic E-state index is 14.3. The summed E-state index contributed by atoms with van der Waals surface area (Å²) in [6, 6.07) is 8.27. The van der Waals surface area contributed by atoms with Crippen LogP contribution in [0.25, 0.3) is 22.3 Å². The van der Waals surface area contributed by atoms with Crippen LogP contribution in [-0.4, -0.2) is 38.3 Å². The van der Waals surface area contributed by atoms with Crippen LogP contribution < -0.4 is 19.9 Å². The molecule has 4 aliphatic rings. The van der Waals surface area contributed by atoms with Gasteiger partial charge in [-0.15, -0.1) is 0 Å². The van der Waals surface area contributed by atoms with Crippen LogP contribution in [0, 0.1) is 11.6 Å². The topological polar surface area (TPSA) is 59.5 Å². The predicted molar refractivity (Wildman–Crippen MR) is 100 cm³/mol. The van der Waals surface area contributed by atoms with Crippen LogP contribution in [0.3, 0.4) is 0 Å². The first-order valence-electron chi connectivity index (χ1n) is 9.61. The van der Waals surface area contributed by atoms with Gasteiger partial charge >= 0.3 is 6.18 Å². The van der Waals surface area contributed by atoms with Crippen LogP contribution in [0.4, 0.5) is 27.6 Å². The lowest BCUT2D eigenvalue weighted by atomic mass is 10.1. The number of rotatable bonds is 1. The summed E-state index contributed by atoms with van der Waals surface area (Å²) >= 11 is 0. The molecule has 31 heavy (non-hydrogen) atoms. The molecule has 164 valence electrons. The molecule has 0 N–H and O–H groups in total. The van der Waals surface area contributed by atoms with Crippen molar-refractivity contribution in [2.24, 2.45) is 0 Å². The summed E-state index contributed by atoms with van der Waals surface area (Å²) < 4.78 is 68.2. The molecular formula is C21H17F5N2O3. The van der Waals surface area contributed by atoms with Gasteiger partial charge in [-0.05, 0) is 24.6 Å². The zero-order valence-corrected chi connectivity index (χ0v) is 16.1. The smallest absolute Gasteiger partial charge is 0.430 e. The Morgan fingerprint density at radius 3 is 2.19 bits per heavy atom. The van der Waals surface area contributed by atoms with Crippen LogP contribution in [0.2, 0.25) is 0 Å². The van der Waals surface area contributed by atoms with E-state index in [0.29, 0.717) is 33.3 Å². The van der Waals surface area contributed by atoms with Crippen molar-refractivity contribution < 1.29 is 36.3 Å². The lowest BCUT2D eigenvalue weighted by molar-refractivity contribution is -0.344. The highest BCUT2D eigenvalue weighted by atomic mass is 19.4. The van der Waals surface area contributed by atoms with Crippen molar-refractivity contribution in [3.05, 3.63) is 47.3 Å². The van der Waals surface area contributed by atoms with Crippen LogP contribution >= 0.6 is 0 Å². The first-order valence-corrected chi connectivity index (χ1v) is 9.61. The normalized spacial score (nSPS) is 15.9. The number of carboxylic acid groups (broad SMARTS) is 1. The second kappa shape index (κ2) is 7.82. The van der Waals surface area contributed by atoms with E-state index in [1.54, 1.807) is 18.2 Å². The number of benzene rings is 2. The van der Waals surface area contributed by atoms with Gasteiger partial charge in [0.1, 0.15) is 36.2 Å². The van der Waals surface area contributed by atoms with Gasteiger partial charge in [0.05, 0.1) is 18.2 Å². The van der Waals surface area contributed by atoms with E-state index in [0.717, 1.165) is 39.0 Å². The third-order valence-electron chi connectivity index (χ3n) is 5.31. The van der Waals surface area contributed by atoms with E-state index in [1.165, 1.54) is 12.1 Å². The van der Waals surface area contributed by atoms with E-state index in [9.17, 15) is 22.0 Å². The maximum absolute atomic E-state index is 14.3. The van der Waals surface area contributed by atoms with Crippen LogP contribution in [-0.2, 0) is 4.79 Å². The highest BCUT2D eigenvalue weighted by Crippen LogP contribution is 2.33. The monoisotopic (exact) mass is 440 g/mol. The quantitative estimate of drug-likeness (QED) is 0.332. The van der Waals surface area contributed by atoms with Gasteiger partial charge in [0.25, 0.3) is 0 Å². The number of alkyl halides is 3. The molecular weight excluding hydrogens is 423 g/mol. The fraction of sp³-hybridized carbons (Fsp3) is 0.333. The molecule has 1 aliphatic carbocycles. The zero-order valence-electron chi connectivity index (χ0n) is 16.1. The number of aliphatic carboxylic acids is 1. The van der Waals surface area contributed by atoms with Crippen molar-refractivity contribution in [3.63, 3.8) is 0 Å². The van der Waals surface area contributed by atoms with Gasteiger partial charge in [-0.25, -0.2) is 8.97 Å². The second-order valence-corrected chi connectivity index (χ2v) is 7.40. The lowest BCUT2D eigenvalue weighted by Crippen LogP contribution is -2.42. The van der Waals surface area contributed by atoms with Crippen molar-refractivity contribution in [2.45, 2.75) is 19.0 Å².